The number of rotatable bonds is 5. The van der Waals surface area contributed by atoms with Crippen molar-refractivity contribution in [3.63, 3.8) is 0 Å². The number of nitrogens with one attached hydrogen (secondary N) is 2. The molecule has 1 aromatic carbocycles. The summed E-state index contributed by atoms with van der Waals surface area (Å²) >= 11 is 0. The first kappa shape index (κ1) is 34.2. The van der Waals surface area contributed by atoms with Crippen molar-refractivity contribution in [1.29, 1.82) is 0 Å². The van der Waals surface area contributed by atoms with E-state index in [0.717, 1.165) is 11.1 Å². The largest absolute Gasteiger partial charge is 0.405 e. The average molecular weight is 588 g/mol. The predicted octanol–water partition coefficient (Wildman–Crippen LogP) is 8.27. The SMILES string of the molecule is CC.CCC.Cc1cc(-c2nnc(NC3CCC(F)(F)C(O)C3)o2)nc2c(C(C)(C)C)cc(NCC(F)(F)F)cc12. The molecule has 1 aliphatic rings. The summed E-state index contributed by atoms with van der Waals surface area (Å²) in [4.78, 5) is 4.70. The normalized spacial score (nSPS) is 18.6. The van der Waals surface area contributed by atoms with Gasteiger partial charge in [0, 0.05) is 23.5 Å². The summed E-state index contributed by atoms with van der Waals surface area (Å²) in [6.45, 7) is 14.7. The van der Waals surface area contributed by atoms with E-state index in [0.29, 0.717) is 22.3 Å². The number of aliphatic hydroxyl groups excluding tert-OH is 1. The number of aliphatic hydroxyl groups is 1. The van der Waals surface area contributed by atoms with E-state index in [-0.39, 0.29) is 24.7 Å². The summed E-state index contributed by atoms with van der Waals surface area (Å²) in [6.07, 6.45) is -5.32. The topological polar surface area (TPSA) is 96.1 Å². The van der Waals surface area contributed by atoms with Gasteiger partial charge in [0.05, 0.1) is 5.52 Å². The third kappa shape index (κ3) is 9.24. The number of aryl methyl sites for hydroxylation is 1. The van der Waals surface area contributed by atoms with E-state index in [2.05, 4.69) is 34.7 Å². The van der Waals surface area contributed by atoms with Gasteiger partial charge < -0.3 is 20.2 Å². The molecule has 1 saturated carbocycles. The Morgan fingerprint density at radius 1 is 1.07 bits per heavy atom. The Morgan fingerprint density at radius 2 is 1.71 bits per heavy atom. The molecular formula is C29H42F5N5O2. The van der Waals surface area contributed by atoms with Gasteiger partial charge in [-0.05, 0) is 54.5 Å². The lowest BCUT2D eigenvalue weighted by atomic mass is 9.84. The molecule has 0 amide bonds. The van der Waals surface area contributed by atoms with Crippen molar-refractivity contribution in [2.75, 3.05) is 17.2 Å². The number of pyridine rings is 1. The summed E-state index contributed by atoms with van der Waals surface area (Å²) < 4.78 is 71.1. The molecule has 1 fully saturated rings. The zero-order chi connectivity index (χ0) is 31.2. The maximum absolute atomic E-state index is 13.5. The minimum atomic E-state index is -4.35. The molecule has 7 nitrogen and oxygen atoms in total. The molecule has 0 spiro atoms. The molecule has 0 radical (unpaired) electrons. The maximum Gasteiger partial charge on any atom is 0.405 e. The van der Waals surface area contributed by atoms with Gasteiger partial charge in [-0.2, -0.15) is 13.2 Å². The van der Waals surface area contributed by atoms with Gasteiger partial charge in [0.1, 0.15) is 18.3 Å². The highest BCUT2D eigenvalue weighted by atomic mass is 19.4. The maximum atomic E-state index is 13.5. The third-order valence-corrected chi connectivity index (χ3v) is 6.21. The van der Waals surface area contributed by atoms with Crippen molar-refractivity contribution in [2.45, 2.75) is 111 Å². The Kier molecular flexibility index (Phi) is 11.5. The van der Waals surface area contributed by atoms with Gasteiger partial charge in [0.15, 0.2) is 0 Å². The lowest BCUT2D eigenvalue weighted by Gasteiger charge is -2.32. The van der Waals surface area contributed by atoms with Crippen LogP contribution in [0.1, 0.15) is 85.3 Å². The Morgan fingerprint density at radius 3 is 2.27 bits per heavy atom. The number of benzene rings is 1. The van der Waals surface area contributed by atoms with Crippen LogP contribution < -0.4 is 10.6 Å². The number of halogens is 5. The minimum absolute atomic E-state index is 0.0229. The number of alkyl halides is 5. The zero-order valence-electron chi connectivity index (χ0n) is 25.0. The third-order valence-electron chi connectivity index (χ3n) is 6.21. The summed E-state index contributed by atoms with van der Waals surface area (Å²) in [7, 11) is 0. The van der Waals surface area contributed by atoms with E-state index >= 15 is 0 Å². The molecule has 230 valence electrons. The molecular weight excluding hydrogens is 545 g/mol. The van der Waals surface area contributed by atoms with E-state index in [1.165, 1.54) is 6.42 Å². The van der Waals surface area contributed by atoms with E-state index < -0.39 is 42.6 Å². The van der Waals surface area contributed by atoms with Crippen LogP contribution in [0.5, 0.6) is 0 Å². The van der Waals surface area contributed by atoms with E-state index in [1.807, 2.05) is 41.5 Å². The van der Waals surface area contributed by atoms with E-state index in [4.69, 9.17) is 9.40 Å². The highest BCUT2D eigenvalue weighted by Gasteiger charge is 2.44. The first-order valence-electron chi connectivity index (χ1n) is 14.0. The first-order valence-corrected chi connectivity index (χ1v) is 14.0. The van der Waals surface area contributed by atoms with Crippen molar-refractivity contribution in [1.82, 2.24) is 15.2 Å². The summed E-state index contributed by atoms with van der Waals surface area (Å²) in [5, 5.41) is 23.6. The number of hydrogen-bond acceptors (Lipinski definition) is 7. The Balaban J connectivity index is 0.00000110. The molecule has 12 heteroatoms. The highest BCUT2D eigenvalue weighted by molar-refractivity contribution is 5.90. The number of aromatic nitrogens is 3. The number of hydrogen-bond donors (Lipinski definition) is 3. The van der Waals surface area contributed by atoms with Gasteiger partial charge in [-0.3, -0.25) is 0 Å². The Bertz CT molecular complexity index is 1270. The average Bonchev–Trinajstić information content (AvgIpc) is 3.34. The first-order chi connectivity index (χ1) is 19.0. The summed E-state index contributed by atoms with van der Waals surface area (Å²) in [5.41, 5.74) is 2.37. The van der Waals surface area contributed by atoms with Gasteiger partial charge in [-0.15, -0.1) is 5.10 Å². The van der Waals surface area contributed by atoms with Crippen LogP contribution in [0.3, 0.4) is 0 Å². The number of fused-ring (bicyclic) bond motifs is 1. The lowest BCUT2D eigenvalue weighted by Crippen LogP contribution is -2.43. The van der Waals surface area contributed by atoms with Gasteiger partial charge in [0.25, 0.3) is 11.8 Å². The number of nitrogens with zero attached hydrogens (tertiary/aromatic N) is 3. The smallest absolute Gasteiger partial charge is 0.402 e. The van der Waals surface area contributed by atoms with Crippen LogP contribution >= 0.6 is 0 Å². The molecule has 1 aliphatic carbocycles. The van der Waals surface area contributed by atoms with Crippen molar-refractivity contribution in [3.05, 3.63) is 29.3 Å². The molecule has 2 atom stereocenters. The van der Waals surface area contributed by atoms with E-state index in [1.54, 1.807) is 18.2 Å². The van der Waals surface area contributed by atoms with Crippen molar-refractivity contribution in [2.24, 2.45) is 0 Å². The molecule has 0 bridgehead atoms. The van der Waals surface area contributed by atoms with Crippen molar-refractivity contribution in [3.8, 4) is 11.6 Å². The van der Waals surface area contributed by atoms with Crippen LogP contribution in [0.15, 0.2) is 22.6 Å². The quantitative estimate of drug-likeness (QED) is 0.259. The molecule has 2 aromatic heterocycles. The molecule has 0 aliphatic heterocycles. The van der Waals surface area contributed by atoms with E-state index in [9.17, 15) is 27.1 Å². The number of anilines is 2. The van der Waals surface area contributed by atoms with Gasteiger partial charge in [-0.25, -0.2) is 13.8 Å². The van der Waals surface area contributed by atoms with Gasteiger partial charge in [-0.1, -0.05) is 60.0 Å². The van der Waals surface area contributed by atoms with Crippen LogP contribution in [-0.4, -0.2) is 51.1 Å². The molecule has 41 heavy (non-hydrogen) atoms. The van der Waals surface area contributed by atoms with Crippen molar-refractivity contribution >= 4 is 22.6 Å². The summed E-state index contributed by atoms with van der Waals surface area (Å²) in [6, 6.07) is 4.57. The second-order valence-electron chi connectivity index (χ2n) is 11.0. The molecule has 2 unspecified atom stereocenters. The van der Waals surface area contributed by atoms with Crippen LogP contribution in [-0.2, 0) is 5.41 Å². The summed E-state index contributed by atoms with van der Waals surface area (Å²) in [5.74, 6) is -3.01. The lowest BCUT2D eigenvalue weighted by molar-refractivity contribution is -0.133. The van der Waals surface area contributed by atoms with Gasteiger partial charge >= 0.3 is 12.2 Å². The fourth-order valence-electron chi connectivity index (χ4n) is 4.26. The molecule has 3 N–H and O–H groups in total. The molecule has 0 saturated heterocycles. The van der Waals surface area contributed by atoms with Crippen LogP contribution in [0.25, 0.3) is 22.5 Å². The Labute approximate surface area is 238 Å². The van der Waals surface area contributed by atoms with Crippen molar-refractivity contribution < 1.29 is 31.5 Å². The van der Waals surface area contributed by atoms with Crippen LogP contribution in [0.2, 0.25) is 0 Å². The minimum Gasteiger partial charge on any atom is -0.402 e. The van der Waals surface area contributed by atoms with Crippen LogP contribution in [0, 0.1) is 6.92 Å². The Hall–Kier alpha value is -3.02. The predicted molar refractivity (Wildman–Crippen MR) is 153 cm³/mol. The highest BCUT2D eigenvalue weighted by Crippen LogP contribution is 2.37. The molecule has 2 heterocycles. The fourth-order valence-corrected chi connectivity index (χ4v) is 4.26. The fraction of sp³-hybridized carbons (Fsp3) is 0.621. The zero-order valence-corrected chi connectivity index (χ0v) is 25.0. The second-order valence-corrected chi connectivity index (χ2v) is 11.0. The second kappa shape index (κ2) is 13.8. The molecule has 4 rings (SSSR count). The standard InChI is InChI=1S/C24H28F5N5O2.C3H8.C2H6/c1-12-7-17(20-33-34-21(36-20)31-13-5-6-23(25,26)18(35)10-13)32-19-15(12)8-14(30-11-24(27,28)29)9-16(19)22(2,3)4;1-3-2;1-2/h7-9,13,18,30,35H,5-6,10-11H2,1-4H3,(H,31,34);3H2,1-2H3;1-2H3. The van der Waals surface area contributed by atoms with Crippen LogP contribution in [0.4, 0.5) is 33.7 Å². The van der Waals surface area contributed by atoms with Gasteiger partial charge in [0.2, 0.25) is 0 Å². The monoisotopic (exact) mass is 587 g/mol. The molecule has 3 aromatic rings.